The first-order valence-corrected chi connectivity index (χ1v) is 6.70. The van der Waals surface area contributed by atoms with Gasteiger partial charge in [-0.05, 0) is 40.5 Å². The Hall–Kier alpha value is -1.08. The molecule has 0 bridgehead atoms. The van der Waals surface area contributed by atoms with E-state index in [0.717, 1.165) is 12.8 Å². The van der Waals surface area contributed by atoms with E-state index in [1.807, 2.05) is 32.4 Å². The molecule has 0 N–H and O–H groups in total. The number of rotatable bonds is 3. The Kier molecular flexibility index (Phi) is 2.70. The zero-order chi connectivity index (χ0) is 13.8. The van der Waals surface area contributed by atoms with Crippen molar-refractivity contribution in [1.29, 1.82) is 0 Å². The molecule has 0 atom stereocenters. The molecule has 0 unspecified atom stereocenters. The number of methoxy groups -OCH3 is 1. The van der Waals surface area contributed by atoms with E-state index < -0.39 is 7.12 Å². The zero-order valence-electron chi connectivity index (χ0n) is 12.1. The monoisotopic (exact) mass is 265 g/mol. The Balaban J connectivity index is 1.91. The number of hydrogen-bond donors (Lipinski definition) is 0. The maximum Gasteiger partial charge on any atom is 0.522 e. The van der Waals surface area contributed by atoms with Crippen LogP contribution in [0, 0.1) is 0 Å². The molecular formula is C12H20BN3O3. The summed E-state index contributed by atoms with van der Waals surface area (Å²) in [6.45, 7) is 8.07. The van der Waals surface area contributed by atoms with Gasteiger partial charge in [0.05, 0.1) is 24.4 Å². The average Bonchev–Trinajstić information content (AvgIpc) is 3.01. The molecule has 0 spiro atoms. The summed E-state index contributed by atoms with van der Waals surface area (Å²) in [6.07, 6.45) is 2.26. The summed E-state index contributed by atoms with van der Waals surface area (Å²) in [4.78, 5) is 0. The maximum absolute atomic E-state index is 5.99. The highest BCUT2D eigenvalue weighted by Crippen LogP contribution is 2.39. The quantitative estimate of drug-likeness (QED) is 0.760. The van der Waals surface area contributed by atoms with E-state index in [1.165, 1.54) is 0 Å². The van der Waals surface area contributed by atoms with Crippen molar-refractivity contribution >= 4 is 12.7 Å². The van der Waals surface area contributed by atoms with Crippen molar-refractivity contribution < 1.29 is 14.0 Å². The first-order valence-electron chi connectivity index (χ1n) is 6.70. The second-order valence-corrected chi connectivity index (χ2v) is 6.25. The number of hydrogen-bond acceptors (Lipinski definition) is 5. The van der Waals surface area contributed by atoms with Crippen LogP contribution in [-0.4, -0.2) is 40.4 Å². The van der Waals surface area contributed by atoms with Crippen molar-refractivity contribution in [1.82, 2.24) is 15.0 Å². The molecule has 2 aliphatic rings. The van der Waals surface area contributed by atoms with Gasteiger partial charge in [-0.3, -0.25) is 0 Å². The molecule has 7 heteroatoms. The molecule has 1 aromatic rings. The van der Waals surface area contributed by atoms with Crippen LogP contribution in [0.1, 0.15) is 46.6 Å². The van der Waals surface area contributed by atoms with Crippen LogP contribution in [0.5, 0.6) is 5.88 Å². The van der Waals surface area contributed by atoms with Gasteiger partial charge in [0.2, 0.25) is 5.88 Å². The predicted octanol–water partition coefficient (Wildman–Crippen LogP) is 0.921. The van der Waals surface area contributed by atoms with Gasteiger partial charge in [0.25, 0.3) is 0 Å². The van der Waals surface area contributed by atoms with Gasteiger partial charge in [0, 0.05) is 0 Å². The van der Waals surface area contributed by atoms with E-state index in [-0.39, 0.29) is 11.2 Å². The lowest BCUT2D eigenvalue weighted by molar-refractivity contribution is 0.00578. The first kappa shape index (κ1) is 12.9. The highest BCUT2D eigenvalue weighted by molar-refractivity contribution is 6.62. The van der Waals surface area contributed by atoms with Gasteiger partial charge in [0.1, 0.15) is 0 Å². The number of nitrogens with zero attached hydrogens (tertiary/aromatic N) is 3. The summed E-state index contributed by atoms with van der Waals surface area (Å²) < 4.78 is 19.3. The van der Waals surface area contributed by atoms with Crippen molar-refractivity contribution in [2.24, 2.45) is 0 Å². The van der Waals surface area contributed by atoms with E-state index in [4.69, 9.17) is 14.0 Å². The van der Waals surface area contributed by atoms with E-state index in [2.05, 4.69) is 10.3 Å². The van der Waals surface area contributed by atoms with Crippen LogP contribution in [-0.2, 0) is 9.31 Å². The third kappa shape index (κ3) is 1.95. The fourth-order valence-corrected chi connectivity index (χ4v) is 2.16. The molecule has 0 aromatic carbocycles. The highest BCUT2D eigenvalue weighted by atomic mass is 16.7. The number of aromatic nitrogens is 3. The van der Waals surface area contributed by atoms with Gasteiger partial charge in [-0.15, -0.1) is 5.10 Å². The molecule has 1 aliphatic heterocycles. The van der Waals surface area contributed by atoms with E-state index >= 15 is 0 Å². The van der Waals surface area contributed by atoms with Gasteiger partial charge in [-0.1, -0.05) is 5.21 Å². The standard InChI is InChI=1S/C12H20BN3O3/c1-11(2)12(3,4)19-13(18-11)9-10(17-5)16(15-14-9)8-6-7-8/h8H,6-7H2,1-5H3. The smallest absolute Gasteiger partial charge is 0.480 e. The van der Waals surface area contributed by atoms with Gasteiger partial charge in [-0.25, -0.2) is 4.68 Å². The zero-order valence-corrected chi connectivity index (χ0v) is 12.1. The fourth-order valence-electron chi connectivity index (χ4n) is 2.16. The summed E-state index contributed by atoms with van der Waals surface area (Å²) in [6, 6.07) is 0.415. The Labute approximate surface area is 113 Å². The Morgan fingerprint density at radius 2 is 1.79 bits per heavy atom. The Bertz CT molecular complexity index is 480. The molecule has 0 amide bonds. The summed E-state index contributed by atoms with van der Waals surface area (Å²) in [5.74, 6) is 0.654. The third-order valence-electron chi connectivity index (χ3n) is 4.24. The van der Waals surface area contributed by atoms with Gasteiger partial charge in [-0.2, -0.15) is 0 Å². The van der Waals surface area contributed by atoms with Crippen molar-refractivity contribution in [3.05, 3.63) is 0 Å². The lowest BCUT2D eigenvalue weighted by atomic mass is 9.85. The molecule has 3 rings (SSSR count). The molecule has 2 heterocycles. The normalized spacial score (nSPS) is 24.8. The maximum atomic E-state index is 5.99. The van der Waals surface area contributed by atoms with Crippen molar-refractivity contribution in [3.8, 4) is 5.88 Å². The van der Waals surface area contributed by atoms with Crippen LogP contribution in [0.3, 0.4) is 0 Å². The second-order valence-electron chi connectivity index (χ2n) is 6.25. The van der Waals surface area contributed by atoms with Crippen molar-refractivity contribution in [3.63, 3.8) is 0 Å². The van der Waals surface area contributed by atoms with Crippen molar-refractivity contribution in [2.45, 2.75) is 57.8 Å². The first-order chi connectivity index (χ1) is 8.86. The van der Waals surface area contributed by atoms with Crippen LogP contribution in [0.4, 0.5) is 0 Å². The summed E-state index contributed by atoms with van der Waals surface area (Å²) in [5, 5.41) is 8.37. The largest absolute Gasteiger partial charge is 0.522 e. The van der Waals surface area contributed by atoms with Crippen LogP contribution < -0.4 is 10.3 Å². The molecule has 2 fully saturated rings. The van der Waals surface area contributed by atoms with Crippen LogP contribution in [0.2, 0.25) is 0 Å². The van der Waals surface area contributed by atoms with Crippen molar-refractivity contribution in [2.75, 3.05) is 7.11 Å². The molecular weight excluding hydrogens is 245 g/mol. The van der Waals surface area contributed by atoms with E-state index in [1.54, 1.807) is 7.11 Å². The minimum Gasteiger partial charge on any atom is -0.480 e. The molecule has 1 aliphatic carbocycles. The fraction of sp³-hybridized carbons (Fsp3) is 0.833. The SMILES string of the molecule is COc1c(B2OC(C)(C)C(C)(C)O2)nnn1C1CC1. The minimum atomic E-state index is -0.521. The van der Waals surface area contributed by atoms with Crippen LogP contribution >= 0.6 is 0 Å². The lowest BCUT2D eigenvalue weighted by Crippen LogP contribution is -2.41. The molecule has 1 saturated carbocycles. The van der Waals surface area contributed by atoms with Crippen LogP contribution in [0.15, 0.2) is 0 Å². The molecule has 1 aromatic heterocycles. The summed E-state index contributed by atoms with van der Waals surface area (Å²) >= 11 is 0. The molecule has 104 valence electrons. The van der Waals surface area contributed by atoms with Gasteiger partial charge >= 0.3 is 7.12 Å². The van der Waals surface area contributed by atoms with Gasteiger partial charge in [0.15, 0.2) is 5.59 Å². The molecule has 19 heavy (non-hydrogen) atoms. The summed E-state index contributed by atoms with van der Waals surface area (Å²) in [7, 11) is 1.11. The Morgan fingerprint density at radius 3 is 2.26 bits per heavy atom. The molecule has 6 nitrogen and oxygen atoms in total. The van der Waals surface area contributed by atoms with Crippen LogP contribution in [0.25, 0.3) is 0 Å². The topological polar surface area (TPSA) is 58.4 Å². The third-order valence-corrected chi connectivity index (χ3v) is 4.24. The van der Waals surface area contributed by atoms with E-state index in [0.29, 0.717) is 17.5 Å². The highest BCUT2D eigenvalue weighted by Gasteiger charge is 2.54. The van der Waals surface area contributed by atoms with Gasteiger partial charge < -0.3 is 14.0 Å². The van der Waals surface area contributed by atoms with E-state index in [9.17, 15) is 0 Å². The average molecular weight is 265 g/mol. The second kappa shape index (κ2) is 3.96. The molecule has 1 saturated heterocycles. The summed E-state index contributed by atoms with van der Waals surface area (Å²) in [5.41, 5.74) is -0.133. The molecule has 0 radical (unpaired) electrons. The predicted molar refractivity (Wildman–Crippen MR) is 70.6 cm³/mol. The minimum absolute atomic E-state index is 0.383. The Morgan fingerprint density at radius 1 is 1.21 bits per heavy atom. The number of ether oxygens (including phenoxy) is 1. The lowest BCUT2D eigenvalue weighted by Gasteiger charge is -2.32.